The Morgan fingerprint density at radius 2 is 2.06 bits per heavy atom. The third-order valence-corrected chi connectivity index (χ3v) is 4.03. The van der Waals surface area contributed by atoms with Gasteiger partial charge in [-0.1, -0.05) is 6.07 Å². The number of fused-ring (bicyclic) bond motifs is 3. The Labute approximate surface area is 101 Å². The maximum Gasteiger partial charge on any atom is 0.129 e. The zero-order chi connectivity index (χ0) is 11.8. The molecule has 2 bridgehead atoms. The monoisotopic (exact) mass is 235 g/mol. The number of halogens is 1. The lowest BCUT2D eigenvalue weighted by Crippen LogP contribution is -2.52. The second-order valence-electron chi connectivity index (χ2n) is 5.21. The summed E-state index contributed by atoms with van der Waals surface area (Å²) in [5.74, 6) is 1.15. The second-order valence-corrected chi connectivity index (χ2v) is 5.21. The Bertz CT molecular complexity index is 413. The van der Waals surface area contributed by atoms with Crippen LogP contribution in [-0.4, -0.2) is 30.6 Å². The molecule has 0 amide bonds. The Hall–Kier alpha value is -1.09. The van der Waals surface area contributed by atoms with Gasteiger partial charge in [-0.25, -0.2) is 4.39 Å². The molecule has 0 saturated carbocycles. The number of aryl methyl sites for hydroxylation is 1. The van der Waals surface area contributed by atoms with Crippen molar-refractivity contribution in [3.8, 4) is 5.75 Å². The fourth-order valence-electron chi connectivity index (χ4n) is 2.87. The predicted octanol–water partition coefficient (Wildman–Crippen LogP) is 2.61. The SMILES string of the molecule is Cc1ccc(O[C@H]2CN3CCC2CC3)cc1F. The lowest BCUT2D eigenvalue weighted by atomic mass is 9.86. The lowest BCUT2D eigenvalue weighted by Gasteiger charge is -2.44. The van der Waals surface area contributed by atoms with Gasteiger partial charge in [-0.2, -0.15) is 0 Å². The largest absolute Gasteiger partial charge is 0.489 e. The smallest absolute Gasteiger partial charge is 0.129 e. The number of rotatable bonds is 2. The van der Waals surface area contributed by atoms with Crippen LogP contribution in [0, 0.1) is 18.7 Å². The van der Waals surface area contributed by atoms with Crippen molar-refractivity contribution in [2.24, 2.45) is 5.92 Å². The summed E-state index contributed by atoms with van der Waals surface area (Å²) in [6, 6.07) is 5.16. The highest BCUT2D eigenvalue weighted by Gasteiger charge is 2.35. The van der Waals surface area contributed by atoms with Crippen molar-refractivity contribution in [1.29, 1.82) is 0 Å². The highest BCUT2D eigenvalue weighted by molar-refractivity contribution is 5.28. The minimum Gasteiger partial charge on any atom is -0.489 e. The molecular formula is C14H18FNO. The molecule has 3 aliphatic heterocycles. The van der Waals surface area contributed by atoms with Gasteiger partial charge in [-0.15, -0.1) is 0 Å². The topological polar surface area (TPSA) is 12.5 Å². The number of hydrogen-bond donors (Lipinski definition) is 0. The molecule has 3 aliphatic rings. The van der Waals surface area contributed by atoms with Crippen molar-refractivity contribution in [3.05, 3.63) is 29.6 Å². The van der Waals surface area contributed by atoms with E-state index in [-0.39, 0.29) is 11.9 Å². The molecule has 0 unspecified atom stereocenters. The van der Waals surface area contributed by atoms with Crippen molar-refractivity contribution in [3.63, 3.8) is 0 Å². The molecule has 3 heterocycles. The van der Waals surface area contributed by atoms with Gasteiger partial charge in [0.2, 0.25) is 0 Å². The first-order valence-electron chi connectivity index (χ1n) is 6.37. The van der Waals surface area contributed by atoms with E-state index < -0.39 is 0 Å². The Kier molecular flexibility index (Phi) is 2.79. The molecule has 1 aromatic rings. The van der Waals surface area contributed by atoms with Crippen LogP contribution in [-0.2, 0) is 0 Å². The van der Waals surface area contributed by atoms with Crippen LogP contribution in [0.1, 0.15) is 18.4 Å². The average molecular weight is 235 g/mol. The van der Waals surface area contributed by atoms with Gasteiger partial charge in [0.1, 0.15) is 17.7 Å². The van der Waals surface area contributed by atoms with Gasteiger partial charge in [0, 0.05) is 12.6 Å². The summed E-state index contributed by atoms with van der Waals surface area (Å²) in [4.78, 5) is 2.44. The van der Waals surface area contributed by atoms with Crippen molar-refractivity contribution in [1.82, 2.24) is 4.90 Å². The molecule has 0 N–H and O–H groups in total. The molecule has 3 saturated heterocycles. The Balaban J connectivity index is 1.72. The summed E-state index contributed by atoms with van der Waals surface area (Å²) in [6.07, 6.45) is 2.69. The van der Waals surface area contributed by atoms with Crippen LogP contribution >= 0.6 is 0 Å². The van der Waals surface area contributed by atoms with Crippen LogP contribution < -0.4 is 4.74 Å². The van der Waals surface area contributed by atoms with E-state index in [1.807, 2.05) is 6.07 Å². The van der Waals surface area contributed by atoms with Crippen LogP contribution in [0.25, 0.3) is 0 Å². The molecule has 0 spiro atoms. The van der Waals surface area contributed by atoms with Gasteiger partial charge < -0.3 is 4.74 Å². The van der Waals surface area contributed by atoms with Crippen LogP contribution in [0.2, 0.25) is 0 Å². The van der Waals surface area contributed by atoms with E-state index in [1.165, 1.54) is 32.0 Å². The second kappa shape index (κ2) is 4.30. The Morgan fingerprint density at radius 3 is 2.65 bits per heavy atom. The van der Waals surface area contributed by atoms with Gasteiger partial charge in [0.15, 0.2) is 0 Å². The number of piperidine rings is 3. The van der Waals surface area contributed by atoms with Crippen LogP contribution in [0.5, 0.6) is 5.75 Å². The van der Waals surface area contributed by atoms with Gasteiger partial charge in [0.05, 0.1) is 0 Å². The predicted molar refractivity (Wildman–Crippen MR) is 64.7 cm³/mol. The van der Waals surface area contributed by atoms with Crippen molar-refractivity contribution in [2.75, 3.05) is 19.6 Å². The highest BCUT2D eigenvalue weighted by Crippen LogP contribution is 2.31. The maximum atomic E-state index is 13.4. The van der Waals surface area contributed by atoms with E-state index in [4.69, 9.17) is 4.74 Å². The fraction of sp³-hybridized carbons (Fsp3) is 0.571. The molecule has 3 fully saturated rings. The average Bonchev–Trinajstić information content (AvgIpc) is 2.35. The first-order chi connectivity index (χ1) is 8.22. The minimum absolute atomic E-state index is 0.177. The van der Waals surface area contributed by atoms with Crippen molar-refractivity contribution >= 4 is 0 Å². The van der Waals surface area contributed by atoms with Crippen LogP contribution in [0.3, 0.4) is 0 Å². The van der Waals surface area contributed by atoms with E-state index in [0.29, 0.717) is 17.2 Å². The molecule has 92 valence electrons. The van der Waals surface area contributed by atoms with Crippen molar-refractivity contribution < 1.29 is 9.13 Å². The first kappa shape index (κ1) is 11.0. The number of nitrogens with zero attached hydrogens (tertiary/aromatic N) is 1. The summed E-state index contributed by atoms with van der Waals surface area (Å²) >= 11 is 0. The zero-order valence-electron chi connectivity index (χ0n) is 10.2. The van der Waals surface area contributed by atoms with Gasteiger partial charge >= 0.3 is 0 Å². The summed E-state index contributed by atoms with van der Waals surface area (Å²) < 4.78 is 19.4. The molecule has 3 heteroatoms. The molecule has 17 heavy (non-hydrogen) atoms. The summed E-state index contributed by atoms with van der Waals surface area (Å²) in [5, 5.41) is 0. The van der Waals surface area contributed by atoms with E-state index in [1.54, 1.807) is 13.0 Å². The van der Waals surface area contributed by atoms with E-state index >= 15 is 0 Å². The minimum atomic E-state index is -0.177. The van der Waals surface area contributed by atoms with E-state index in [9.17, 15) is 4.39 Å². The van der Waals surface area contributed by atoms with Crippen LogP contribution in [0.4, 0.5) is 4.39 Å². The van der Waals surface area contributed by atoms with Gasteiger partial charge in [-0.3, -0.25) is 4.90 Å². The van der Waals surface area contributed by atoms with E-state index in [2.05, 4.69) is 4.90 Å². The van der Waals surface area contributed by atoms with Crippen LogP contribution in [0.15, 0.2) is 18.2 Å². The lowest BCUT2D eigenvalue weighted by molar-refractivity contribution is -0.00789. The number of ether oxygens (including phenoxy) is 1. The molecule has 0 aliphatic carbocycles. The normalized spacial score (nSPS) is 31.5. The van der Waals surface area contributed by atoms with Gasteiger partial charge in [0.25, 0.3) is 0 Å². The number of hydrogen-bond acceptors (Lipinski definition) is 2. The molecule has 0 aromatic heterocycles. The third-order valence-electron chi connectivity index (χ3n) is 4.03. The maximum absolute atomic E-state index is 13.4. The molecule has 1 atom stereocenters. The molecule has 0 radical (unpaired) electrons. The Morgan fingerprint density at radius 1 is 1.29 bits per heavy atom. The first-order valence-corrected chi connectivity index (χ1v) is 6.37. The quantitative estimate of drug-likeness (QED) is 0.781. The summed E-state index contributed by atoms with van der Waals surface area (Å²) in [6.45, 7) is 5.17. The molecular weight excluding hydrogens is 217 g/mol. The summed E-state index contributed by atoms with van der Waals surface area (Å²) in [5.41, 5.74) is 0.672. The van der Waals surface area contributed by atoms with Crippen molar-refractivity contribution in [2.45, 2.75) is 25.9 Å². The van der Waals surface area contributed by atoms with E-state index in [0.717, 1.165) is 6.54 Å². The molecule has 2 nitrogen and oxygen atoms in total. The molecule has 1 aromatic carbocycles. The zero-order valence-corrected chi connectivity index (χ0v) is 10.2. The fourth-order valence-corrected chi connectivity index (χ4v) is 2.87. The molecule has 4 rings (SSSR count). The highest BCUT2D eigenvalue weighted by atomic mass is 19.1. The summed E-state index contributed by atoms with van der Waals surface area (Å²) in [7, 11) is 0. The van der Waals surface area contributed by atoms with Gasteiger partial charge in [-0.05, 0) is 50.4 Å². The standard InChI is InChI=1S/C14H18FNO/c1-10-2-3-12(8-13(10)15)17-14-9-16-6-4-11(14)5-7-16/h2-3,8,11,14H,4-7,9H2,1H3/t14-/m0/s1. The third kappa shape index (κ3) is 2.16. The number of benzene rings is 1.